The summed E-state index contributed by atoms with van der Waals surface area (Å²) < 4.78 is 11.0. The molecular formula is C13H12N2O4. The van der Waals surface area contributed by atoms with Gasteiger partial charge in [0, 0.05) is 11.6 Å². The molecule has 0 saturated heterocycles. The minimum atomic E-state index is -1.16. The topological polar surface area (TPSA) is 94.7 Å². The van der Waals surface area contributed by atoms with Gasteiger partial charge in [-0.1, -0.05) is 0 Å². The highest BCUT2D eigenvalue weighted by Gasteiger charge is 2.21. The largest absolute Gasteiger partial charge is 0.486 e. The molecule has 1 aliphatic heterocycles. The molecule has 2 heterocycles. The zero-order chi connectivity index (χ0) is 13.4. The van der Waals surface area contributed by atoms with Crippen molar-refractivity contribution >= 4 is 16.7 Å². The molecule has 1 aliphatic rings. The van der Waals surface area contributed by atoms with E-state index in [0.29, 0.717) is 35.8 Å². The quantitative estimate of drug-likeness (QED) is 0.839. The van der Waals surface area contributed by atoms with Crippen LogP contribution in [0.3, 0.4) is 0 Å². The van der Waals surface area contributed by atoms with Crippen molar-refractivity contribution in [2.45, 2.75) is 6.04 Å². The Morgan fingerprint density at radius 3 is 2.68 bits per heavy atom. The molecule has 1 aromatic carbocycles. The van der Waals surface area contributed by atoms with Gasteiger partial charge in [0.2, 0.25) is 0 Å². The molecule has 0 radical (unpaired) electrons. The van der Waals surface area contributed by atoms with Gasteiger partial charge in [-0.15, -0.1) is 0 Å². The van der Waals surface area contributed by atoms with Crippen molar-refractivity contribution in [1.29, 1.82) is 0 Å². The molecule has 6 nitrogen and oxygen atoms in total. The number of carbonyl (C=O) groups is 1. The third kappa shape index (κ3) is 1.96. The van der Waals surface area contributed by atoms with Crippen molar-refractivity contribution in [3.8, 4) is 11.5 Å². The standard InChI is InChI=1S/C13H12N2O4/c14-11(13(16)17)12-8-6-10-9(18-3-4-19-10)5-7(8)1-2-15-12/h1-2,5-6,11H,3-4,14H2,(H,16,17). The van der Waals surface area contributed by atoms with Gasteiger partial charge in [0.15, 0.2) is 11.5 Å². The fourth-order valence-corrected chi connectivity index (χ4v) is 2.10. The predicted octanol–water partition coefficient (Wildman–Crippen LogP) is 1.09. The Bertz CT molecular complexity index is 656. The number of aromatic nitrogens is 1. The van der Waals surface area contributed by atoms with E-state index < -0.39 is 12.0 Å². The van der Waals surface area contributed by atoms with Crippen LogP contribution in [0, 0.1) is 0 Å². The number of carboxylic acids is 1. The predicted molar refractivity (Wildman–Crippen MR) is 67.3 cm³/mol. The monoisotopic (exact) mass is 260 g/mol. The van der Waals surface area contributed by atoms with Gasteiger partial charge in [-0.05, 0) is 23.6 Å². The highest BCUT2D eigenvalue weighted by molar-refractivity contribution is 5.91. The second kappa shape index (κ2) is 4.40. The van der Waals surface area contributed by atoms with Crippen LogP contribution >= 0.6 is 0 Å². The first-order chi connectivity index (χ1) is 9.16. The molecule has 0 amide bonds. The summed E-state index contributed by atoms with van der Waals surface area (Å²) in [5.74, 6) is 0.125. The van der Waals surface area contributed by atoms with Crippen LogP contribution in [0.5, 0.6) is 11.5 Å². The summed E-state index contributed by atoms with van der Waals surface area (Å²) in [4.78, 5) is 15.1. The number of hydrogen-bond acceptors (Lipinski definition) is 5. The van der Waals surface area contributed by atoms with Crippen molar-refractivity contribution < 1.29 is 19.4 Å². The average molecular weight is 260 g/mol. The number of benzene rings is 1. The summed E-state index contributed by atoms with van der Waals surface area (Å²) >= 11 is 0. The van der Waals surface area contributed by atoms with Gasteiger partial charge in [0.25, 0.3) is 0 Å². The Morgan fingerprint density at radius 1 is 1.32 bits per heavy atom. The van der Waals surface area contributed by atoms with E-state index in [0.717, 1.165) is 5.39 Å². The van der Waals surface area contributed by atoms with Crippen molar-refractivity contribution in [3.63, 3.8) is 0 Å². The number of ether oxygens (including phenoxy) is 2. The number of aliphatic carboxylic acids is 1. The van der Waals surface area contributed by atoms with E-state index in [2.05, 4.69) is 4.98 Å². The molecule has 1 unspecified atom stereocenters. The molecule has 1 atom stereocenters. The van der Waals surface area contributed by atoms with E-state index >= 15 is 0 Å². The number of carboxylic acid groups (broad SMARTS) is 1. The molecule has 6 heteroatoms. The molecule has 0 aliphatic carbocycles. The highest BCUT2D eigenvalue weighted by atomic mass is 16.6. The lowest BCUT2D eigenvalue weighted by atomic mass is 10.0. The van der Waals surface area contributed by atoms with Crippen molar-refractivity contribution in [2.24, 2.45) is 5.73 Å². The average Bonchev–Trinajstić information content (AvgIpc) is 2.43. The Balaban J connectivity index is 2.21. The van der Waals surface area contributed by atoms with Gasteiger partial charge < -0.3 is 20.3 Å². The summed E-state index contributed by atoms with van der Waals surface area (Å²) in [5, 5.41) is 10.5. The van der Waals surface area contributed by atoms with Crippen molar-refractivity contribution in [3.05, 3.63) is 30.1 Å². The zero-order valence-electron chi connectivity index (χ0n) is 10.00. The van der Waals surface area contributed by atoms with E-state index in [4.69, 9.17) is 20.3 Å². The van der Waals surface area contributed by atoms with E-state index in [1.165, 1.54) is 6.20 Å². The van der Waals surface area contributed by atoms with E-state index in [9.17, 15) is 4.79 Å². The second-order valence-electron chi connectivity index (χ2n) is 4.23. The third-order valence-corrected chi connectivity index (χ3v) is 3.02. The number of nitrogens with zero attached hydrogens (tertiary/aromatic N) is 1. The van der Waals surface area contributed by atoms with Gasteiger partial charge in [0.05, 0.1) is 5.69 Å². The molecule has 2 aromatic rings. The van der Waals surface area contributed by atoms with Gasteiger partial charge >= 0.3 is 5.97 Å². The molecule has 0 spiro atoms. The Kier molecular flexibility index (Phi) is 2.72. The minimum absolute atomic E-state index is 0.321. The maximum absolute atomic E-state index is 11.0. The summed E-state index contributed by atoms with van der Waals surface area (Å²) in [6.07, 6.45) is 1.54. The number of nitrogens with two attached hydrogens (primary N) is 1. The number of hydrogen-bond donors (Lipinski definition) is 2. The lowest BCUT2D eigenvalue weighted by Crippen LogP contribution is -2.22. The first-order valence-electron chi connectivity index (χ1n) is 5.83. The third-order valence-electron chi connectivity index (χ3n) is 3.02. The van der Waals surface area contributed by atoms with E-state index in [1.807, 2.05) is 6.07 Å². The number of fused-ring (bicyclic) bond motifs is 2. The van der Waals surface area contributed by atoms with Crippen LogP contribution in [0.25, 0.3) is 10.8 Å². The summed E-state index contributed by atoms with van der Waals surface area (Å²) in [7, 11) is 0. The van der Waals surface area contributed by atoms with Crippen molar-refractivity contribution in [1.82, 2.24) is 4.98 Å². The normalized spacial score (nSPS) is 15.2. The molecule has 3 rings (SSSR count). The fraction of sp³-hybridized carbons (Fsp3) is 0.231. The van der Waals surface area contributed by atoms with Crippen LogP contribution in [0.4, 0.5) is 0 Å². The van der Waals surface area contributed by atoms with Gasteiger partial charge in [0.1, 0.15) is 19.3 Å². The first kappa shape index (κ1) is 11.7. The Morgan fingerprint density at radius 2 is 2.00 bits per heavy atom. The Labute approximate surface area is 108 Å². The van der Waals surface area contributed by atoms with Crippen LogP contribution in [-0.2, 0) is 4.79 Å². The summed E-state index contributed by atoms with van der Waals surface area (Å²) in [6, 6.07) is 4.16. The van der Waals surface area contributed by atoms with Crippen LogP contribution < -0.4 is 15.2 Å². The molecule has 19 heavy (non-hydrogen) atoms. The molecule has 3 N–H and O–H groups in total. The molecular weight excluding hydrogens is 248 g/mol. The van der Waals surface area contributed by atoms with Crippen LogP contribution in [0.15, 0.2) is 24.4 Å². The lowest BCUT2D eigenvalue weighted by Gasteiger charge is -2.19. The van der Waals surface area contributed by atoms with Gasteiger partial charge in [-0.25, -0.2) is 0 Å². The van der Waals surface area contributed by atoms with Gasteiger partial charge in [-0.3, -0.25) is 9.78 Å². The maximum atomic E-state index is 11.0. The zero-order valence-corrected chi connectivity index (χ0v) is 10.00. The molecule has 0 bridgehead atoms. The van der Waals surface area contributed by atoms with Crippen molar-refractivity contribution in [2.75, 3.05) is 13.2 Å². The second-order valence-corrected chi connectivity index (χ2v) is 4.23. The van der Waals surface area contributed by atoms with Gasteiger partial charge in [-0.2, -0.15) is 0 Å². The van der Waals surface area contributed by atoms with Crippen LogP contribution in [-0.4, -0.2) is 29.3 Å². The molecule has 1 aromatic heterocycles. The summed E-state index contributed by atoms with van der Waals surface area (Å²) in [6.45, 7) is 0.976. The number of pyridine rings is 1. The fourth-order valence-electron chi connectivity index (χ4n) is 2.10. The van der Waals surface area contributed by atoms with Crippen LogP contribution in [0.2, 0.25) is 0 Å². The SMILES string of the molecule is NC(C(=O)O)c1nccc2cc3c(cc12)OCCO3. The number of rotatable bonds is 2. The molecule has 0 saturated carbocycles. The maximum Gasteiger partial charge on any atom is 0.326 e. The first-order valence-corrected chi connectivity index (χ1v) is 5.83. The van der Waals surface area contributed by atoms with E-state index in [-0.39, 0.29) is 0 Å². The van der Waals surface area contributed by atoms with E-state index in [1.54, 1.807) is 12.1 Å². The smallest absolute Gasteiger partial charge is 0.326 e. The summed E-state index contributed by atoms with van der Waals surface area (Å²) in [5.41, 5.74) is 5.97. The minimum Gasteiger partial charge on any atom is -0.486 e. The molecule has 0 fully saturated rings. The molecule has 98 valence electrons. The van der Waals surface area contributed by atoms with Crippen LogP contribution in [0.1, 0.15) is 11.7 Å². The lowest BCUT2D eigenvalue weighted by molar-refractivity contribution is -0.138. The highest BCUT2D eigenvalue weighted by Crippen LogP contribution is 2.36. The Hall–Kier alpha value is -2.34.